The first-order valence-electron chi connectivity index (χ1n) is 8.57. The fraction of sp³-hybridized carbons (Fsp3) is 0.333. The van der Waals surface area contributed by atoms with Crippen molar-refractivity contribution in [3.05, 3.63) is 53.9 Å². The Morgan fingerprint density at radius 3 is 2.58 bits per heavy atom. The van der Waals surface area contributed by atoms with Crippen molar-refractivity contribution in [2.45, 2.75) is 18.8 Å². The Hall–Kier alpha value is -3.03. The molecule has 3 aromatic rings. The Morgan fingerprint density at radius 1 is 1.19 bits per heavy atom. The second-order valence-electron chi connectivity index (χ2n) is 6.46. The van der Waals surface area contributed by atoms with Crippen molar-refractivity contribution in [3.63, 3.8) is 0 Å². The Balaban J connectivity index is 1.41. The second kappa shape index (κ2) is 6.70. The number of H-pyrrole nitrogens is 1. The zero-order valence-electron chi connectivity index (χ0n) is 14.4. The normalized spacial score (nSPS) is 15.4. The van der Waals surface area contributed by atoms with E-state index in [1.807, 2.05) is 4.90 Å². The molecule has 1 N–H and O–H groups in total. The van der Waals surface area contributed by atoms with Gasteiger partial charge in [-0.3, -0.25) is 14.6 Å². The number of hydrogen-bond donors (Lipinski definition) is 1. The summed E-state index contributed by atoms with van der Waals surface area (Å²) in [4.78, 5) is 19.0. The van der Waals surface area contributed by atoms with Gasteiger partial charge in [0, 0.05) is 37.8 Å². The predicted octanol–water partition coefficient (Wildman–Crippen LogP) is 2.36. The minimum absolute atomic E-state index is 0.00743. The van der Waals surface area contributed by atoms with Crippen LogP contribution in [-0.4, -0.2) is 48.9 Å². The SMILES string of the molecule is Cn1nccc1C(=O)N1CCC(c2nc(-c3ccc(F)cc3)n[nH]2)CC1. The number of nitrogens with zero attached hydrogens (tertiary/aromatic N) is 5. The molecule has 1 aliphatic heterocycles. The molecular formula is C18H19FN6O. The van der Waals surface area contributed by atoms with Crippen LogP contribution in [0.4, 0.5) is 4.39 Å². The van der Waals surface area contributed by atoms with Crippen molar-refractivity contribution in [1.82, 2.24) is 29.9 Å². The first kappa shape index (κ1) is 16.4. The lowest BCUT2D eigenvalue weighted by atomic mass is 9.96. The molecule has 26 heavy (non-hydrogen) atoms. The smallest absolute Gasteiger partial charge is 0.272 e. The van der Waals surface area contributed by atoms with Gasteiger partial charge >= 0.3 is 0 Å². The van der Waals surface area contributed by atoms with E-state index in [-0.39, 0.29) is 17.6 Å². The van der Waals surface area contributed by atoms with Gasteiger partial charge in [-0.2, -0.15) is 10.2 Å². The van der Waals surface area contributed by atoms with Crippen molar-refractivity contribution >= 4 is 5.91 Å². The highest BCUT2D eigenvalue weighted by atomic mass is 19.1. The summed E-state index contributed by atoms with van der Waals surface area (Å²) in [5, 5.41) is 11.3. The number of benzene rings is 1. The minimum atomic E-state index is -0.282. The lowest BCUT2D eigenvalue weighted by Crippen LogP contribution is -2.38. The Kier molecular flexibility index (Phi) is 4.24. The number of rotatable bonds is 3. The summed E-state index contributed by atoms with van der Waals surface area (Å²) in [6, 6.07) is 7.86. The largest absolute Gasteiger partial charge is 0.337 e. The highest BCUT2D eigenvalue weighted by Crippen LogP contribution is 2.27. The fourth-order valence-electron chi connectivity index (χ4n) is 3.29. The Bertz CT molecular complexity index is 908. The van der Waals surface area contributed by atoms with Gasteiger partial charge in [-0.1, -0.05) is 0 Å². The van der Waals surface area contributed by atoms with E-state index in [1.165, 1.54) is 12.1 Å². The van der Waals surface area contributed by atoms with Crippen molar-refractivity contribution in [3.8, 4) is 11.4 Å². The standard InChI is InChI=1S/C18H19FN6O/c1-24-15(6-9-20-24)18(26)25-10-7-13(8-11-25)17-21-16(22-23-17)12-2-4-14(19)5-3-12/h2-6,9,13H,7-8,10-11H2,1H3,(H,21,22,23). The molecule has 0 unspecified atom stereocenters. The van der Waals surface area contributed by atoms with E-state index >= 15 is 0 Å². The maximum atomic E-state index is 13.0. The summed E-state index contributed by atoms with van der Waals surface area (Å²) < 4.78 is 14.6. The molecule has 0 saturated carbocycles. The fourth-order valence-corrected chi connectivity index (χ4v) is 3.29. The topological polar surface area (TPSA) is 79.7 Å². The maximum absolute atomic E-state index is 13.0. The summed E-state index contributed by atoms with van der Waals surface area (Å²) >= 11 is 0. The average molecular weight is 354 g/mol. The predicted molar refractivity (Wildman–Crippen MR) is 92.9 cm³/mol. The molecule has 1 aromatic carbocycles. The zero-order chi connectivity index (χ0) is 18.1. The number of aryl methyl sites for hydroxylation is 1. The van der Waals surface area contributed by atoms with Crippen LogP contribution < -0.4 is 0 Å². The van der Waals surface area contributed by atoms with E-state index in [9.17, 15) is 9.18 Å². The molecule has 1 fully saturated rings. The molecule has 7 nitrogen and oxygen atoms in total. The molecule has 1 saturated heterocycles. The van der Waals surface area contributed by atoms with Crippen LogP contribution in [0.5, 0.6) is 0 Å². The molecule has 8 heteroatoms. The maximum Gasteiger partial charge on any atom is 0.272 e. The third kappa shape index (κ3) is 3.10. The number of nitrogens with one attached hydrogen (secondary N) is 1. The highest BCUT2D eigenvalue weighted by Gasteiger charge is 2.27. The van der Waals surface area contributed by atoms with Crippen molar-refractivity contribution in [1.29, 1.82) is 0 Å². The Labute approximate surface area is 149 Å². The van der Waals surface area contributed by atoms with Crippen LogP contribution in [-0.2, 0) is 7.05 Å². The van der Waals surface area contributed by atoms with Gasteiger partial charge in [0.2, 0.25) is 0 Å². The number of carbonyl (C=O) groups is 1. The summed E-state index contributed by atoms with van der Waals surface area (Å²) in [7, 11) is 1.77. The van der Waals surface area contributed by atoms with Crippen LogP contribution in [0.25, 0.3) is 11.4 Å². The molecule has 134 valence electrons. The van der Waals surface area contributed by atoms with Gasteiger partial charge in [-0.15, -0.1) is 0 Å². The minimum Gasteiger partial charge on any atom is -0.337 e. The summed E-state index contributed by atoms with van der Waals surface area (Å²) in [5.74, 6) is 1.33. The van der Waals surface area contributed by atoms with E-state index in [0.717, 1.165) is 24.2 Å². The van der Waals surface area contributed by atoms with Gasteiger partial charge in [-0.05, 0) is 43.2 Å². The van der Waals surface area contributed by atoms with Crippen molar-refractivity contribution in [2.75, 3.05) is 13.1 Å². The number of piperidine rings is 1. The van der Waals surface area contributed by atoms with Gasteiger partial charge in [0.15, 0.2) is 5.82 Å². The molecule has 0 atom stereocenters. The number of hydrogen-bond acceptors (Lipinski definition) is 4. The molecule has 4 rings (SSSR count). The number of halogens is 1. The third-order valence-corrected chi connectivity index (χ3v) is 4.81. The van der Waals surface area contributed by atoms with Crippen molar-refractivity contribution in [2.24, 2.45) is 7.05 Å². The van der Waals surface area contributed by atoms with Crippen LogP contribution >= 0.6 is 0 Å². The van der Waals surface area contributed by atoms with Gasteiger partial charge in [0.05, 0.1) is 0 Å². The first-order chi connectivity index (χ1) is 12.6. The van der Waals surface area contributed by atoms with Crippen molar-refractivity contribution < 1.29 is 9.18 Å². The third-order valence-electron chi connectivity index (χ3n) is 4.81. The van der Waals surface area contributed by atoms with Crippen LogP contribution in [0.1, 0.15) is 35.1 Å². The molecule has 1 aliphatic rings. The van der Waals surface area contributed by atoms with Crippen LogP contribution in [0, 0.1) is 5.82 Å². The number of carbonyl (C=O) groups excluding carboxylic acids is 1. The molecule has 3 heterocycles. The average Bonchev–Trinajstić information content (AvgIpc) is 3.31. The summed E-state index contributed by atoms with van der Waals surface area (Å²) in [6.07, 6.45) is 3.27. The molecule has 0 spiro atoms. The second-order valence-corrected chi connectivity index (χ2v) is 6.46. The quantitative estimate of drug-likeness (QED) is 0.783. The lowest BCUT2D eigenvalue weighted by Gasteiger charge is -2.30. The van der Waals surface area contributed by atoms with E-state index in [4.69, 9.17) is 0 Å². The number of likely N-dealkylation sites (tertiary alicyclic amines) is 1. The lowest BCUT2D eigenvalue weighted by molar-refractivity contribution is 0.0700. The number of aromatic nitrogens is 5. The van der Waals surface area contributed by atoms with Crippen LogP contribution in [0.15, 0.2) is 36.5 Å². The van der Waals surface area contributed by atoms with Gasteiger partial charge in [0.25, 0.3) is 5.91 Å². The molecule has 2 aromatic heterocycles. The summed E-state index contributed by atoms with van der Waals surface area (Å²) in [5.41, 5.74) is 1.37. The first-order valence-corrected chi connectivity index (χ1v) is 8.57. The van der Waals surface area contributed by atoms with Gasteiger partial charge in [-0.25, -0.2) is 9.37 Å². The van der Waals surface area contributed by atoms with E-state index in [0.29, 0.717) is 24.6 Å². The zero-order valence-corrected chi connectivity index (χ0v) is 14.4. The van der Waals surface area contributed by atoms with Gasteiger partial charge < -0.3 is 4.90 Å². The van der Waals surface area contributed by atoms with Gasteiger partial charge in [0.1, 0.15) is 17.3 Å². The Morgan fingerprint density at radius 2 is 1.92 bits per heavy atom. The molecule has 0 aliphatic carbocycles. The monoisotopic (exact) mass is 354 g/mol. The van der Waals surface area contributed by atoms with E-state index < -0.39 is 0 Å². The van der Waals surface area contributed by atoms with Crippen LogP contribution in [0.3, 0.4) is 0 Å². The number of aromatic amines is 1. The van der Waals surface area contributed by atoms with E-state index in [1.54, 1.807) is 36.1 Å². The molecule has 0 radical (unpaired) electrons. The molecule has 1 amide bonds. The molecule has 0 bridgehead atoms. The van der Waals surface area contributed by atoms with E-state index in [2.05, 4.69) is 20.3 Å². The van der Waals surface area contributed by atoms with Crippen LogP contribution in [0.2, 0.25) is 0 Å². The highest BCUT2D eigenvalue weighted by molar-refractivity contribution is 5.92. The summed E-state index contributed by atoms with van der Waals surface area (Å²) in [6.45, 7) is 1.34. The number of amides is 1. The molecular weight excluding hydrogens is 335 g/mol.